The molecule has 1 aliphatic rings. The summed E-state index contributed by atoms with van der Waals surface area (Å²) in [4.78, 5) is 13.7. The second-order valence-electron chi connectivity index (χ2n) is 7.85. The van der Waals surface area contributed by atoms with Crippen molar-refractivity contribution in [2.75, 3.05) is 18.4 Å². The number of rotatable bonds is 4. The molecule has 1 amide bonds. The predicted octanol–water partition coefficient (Wildman–Crippen LogP) is 4.16. The lowest BCUT2D eigenvalue weighted by molar-refractivity contribution is 0.102. The van der Waals surface area contributed by atoms with Crippen LogP contribution in [0, 0.1) is 37.0 Å². The van der Waals surface area contributed by atoms with Gasteiger partial charge in [0.1, 0.15) is 11.1 Å². The topological polar surface area (TPSA) is 90.3 Å². The molecule has 1 aromatic carbocycles. The minimum Gasteiger partial charge on any atom is -0.312 e. The van der Waals surface area contributed by atoms with Crippen LogP contribution in [0.25, 0.3) is 0 Å². The number of anilines is 1. The van der Waals surface area contributed by atoms with Gasteiger partial charge >= 0.3 is 0 Å². The summed E-state index contributed by atoms with van der Waals surface area (Å²) in [5.74, 6) is 0.281. The number of thiophene rings is 1. The van der Waals surface area contributed by atoms with Gasteiger partial charge in [-0.15, -0.1) is 11.3 Å². The molecular weight excluding hydrogens is 406 g/mol. The first kappa shape index (κ1) is 21.5. The summed E-state index contributed by atoms with van der Waals surface area (Å²) in [6, 6.07) is 8.10. The zero-order chi connectivity index (χ0) is 21.3. The summed E-state index contributed by atoms with van der Waals surface area (Å²) in [5.41, 5.74) is 1.67. The van der Waals surface area contributed by atoms with E-state index in [1.807, 2.05) is 13.8 Å². The molecule has 0 aliphatic carbocycles. The molecule has 1 saturated heterocycles. The van der Waals surface area contributed by atoms with E-state index in [0.29, 0.717) is 41.1 Å². The summed E-state index contributed by atoms with van der Waals surface area (Å²) in [5, 5.41) is 12.6. The van der Waals surface area contributed by atoms with Gasteiger partial charge in [0.15, 0.2) is 0 Å². The molecule has 0 spiro atoms. The molecule has 3 rings (SSSR count). The Morgan fingerprint density at radius 1 is 1.17 bits per heavy atom. The number of benzene rings is 1. The third kappa shape index (κ3) is 4.37. The van der Waals surface area contributed by atoms with Gasteiger partial charge in [-0.25, -0.2) is 8.42 Å². The fraction of sp³-hybridized carbons (Fsp3) is 0.429. The fourth-order valence-electron chi connectivity index (χ4n) is 3.75. The second kappa shape index (κ2) is 8.27. The normalized spacial score (nSPS) is 20.2. The first-order valence-corrected chi connectivity index (χ1v) is 11.8. The highest BCUT2D eigenvalue weighted by atomic mass is 32.2. The summed E-state index contributed by atoms with van der Waals surface area (Å²) >= 11 is 1.36. The SMILES string of the molecule is Cc1sc(NC(=O)c2ccc(S(=O)(=O)N3C[C@H](C)C[C@H](C)C3)cc2)c(C#N)c1C. The number of nitrogens with one attached hydrogen (secondary N) is 1. The monoisotopic (exact) mass is 431 g/mol. The summed E-state index contributed by atoms with van der Waals surface area (Å²) < 4.78 is 27.5. The van der Waals surface area contributed by atoms with Crippen molar-refractivity contribution in [2.45, 2.75) is 39.0 Å². The van der Waals surface area contributed by atoms with Crippen LogP contribution in [0.3, 0.4) is 0 Å². The van der Waals surface area contributed by atoms with Gasteiger partial charge in [0.05, 0.1) is 10.5 Å². The molecule has 1 aliphatic heterocycles. The van der Waals surface area contributed by atoms with Crippen molar-refractivity contribution in [3.63, 3.8) is 0 Å². The van der Waals surface area contributed by atoms with Crippen LogP contribution in [0.4, 0.5) is 5.00 Å². The van der Waals surface area contributed by atoms with Gasteiger partial charge in [0.25, 0.3) is 5.91 Å². The van der Waals surface area contributed by atoms with Gasteiger partial charge in [-0.05, 0) is 61.9 Å². The van der Waals surface area contributed by atoms with E-state index in [-0.39, 0.29) is 10.8 Å². The number of piperidine rings is 1. The van der Waals surface area contributed by atoms with E-state index >= 15 is 0 Å². The van der Waals surface area contributed by atoms with Crippen LogP contribution in [-0.4, -0.2) is 31.7 Å². The minimum absolute atomic E-state index is 0.191. The highest BCUT2D eigenvalue weighted by Crippen LogP contribution is 2.32. The molecule has 0 bridgehead atoms. The largest absolute Gasteiger partial charge is 0.312 e. The van der Waals surface area contributed by atoms with E-state index in [9.17, 15) is 18.5 Å². The van der Waals surface area contributed by atoms with E-state index in [1.165, 1.54) is 39.9 Å². The average Bonchev–Trinajstić information content (AvgIpc) is 2.93. The van der Waals surface area contributed by atoms with Gasteiger partial charge in [-0.1, -0.05) is 13.8 Å². The van der Waals surface area contributed by atoms with Crippen LogP contribution in [0.1, 0.15) is 46.6 Å². The molecule has 154 valence electrons. The van der Waals surface area contributed by atoms with E-state index in [2.05, 4.69) is 25.2 Å². The molecule has 0 unspecified atom stereocenters. The lowest BCUT2D eigenvalue weighted by Crippen LogP contribution is -2.42. The maximum absolute atomic E-state index is 13.0. The van der Waals surface area contributed by atoms with Crippen LogP contribution >= 0.6 is 11.3 Å². The minimum atomic E-state index is -3.58. The van der Waals surface area contributed by atoms with Crippen molar-refractivity contribution in [2.24, 2.45) is 11.8 Å². The predicted molar refractivity (Wildman–Crippen MR) is 115 cm³/mol. The number of hydrogen-bond donors (Lipinski definition) is 1. The average molecular weight is 432 g/mol. The maximum atomic E-state index is 13.0. The lowest BCUT2D eigenvalue weighted by atomic mass is 9.94. The molecule has 1 aromatic heterocycles. The van der Waals surface area contributed by atoms with Crippen LogP contribution in [-0.2, 0) is 10.0 Å². The third-order valence-corrected chi connectivity index (χ3v) is 8.28. The zero-order valence-corrected chi connectivity index (χ0v) is 18.7. The Bertz CT molecular complexity index is 1060. The number of sulfonamides is 1. The molecule has 6 nitrogen and oxygen atoms in total. The summed E-state index contributed by atoms with van der Waals surface area (Å²) in [6.45, 7) is 8.91. The molecular formula is C21H25N3O3S2. The Labute approximate surface area is 176 Å². The number of nitriles is 1. The quantitative estimate of drug-likeness (QED) is 0.787. The van der Waals surface area contributed by atoms with Crippen molar-refractivity contribution in [1.82, 2.24) is 4.31 Å². The Morgan fingerprint density at radius 2 is 1.76 bits per heavy atom. The molecule has 2 heterocycles. The molecule has 2 aromatic rings. The van der Waals surface area contributed by atoms with E-state index in [4.69, 9.17) is 0 Å². The van der Waals surface area contributed by atoms with Crippen molar-refractivity contribution in [3.05, 3.63) is 45.8 Å². The Kier molecular flexibility index (Phi) is 6.13. The zero-order valence-electron chi connectivity index (χ0n) is 17.0. The van der Waals surface area contributed by atoms with Gasteiger partial charge in [-0.3, -0.25) is 4.79 Å². The standard InChI is InChI=1S/C21H25N3O3S2/c1-13-9-14(2)12-24(11-13)29(26,27)18-7-5-17(6-8-18)20(25)23-21-19(10-22)15(3)16(4)28-21/h5-8,13-14H,9,11-12H2,1-4H3,(H,23,25)/t13-,14+. The van der Waals surface area contributed by atoms with Crippen molar-refractivity contribution >= 4 is 32.3 Å². The number of carbonyl (C=O) groups excluding carboxylic acids is 1. The highest BCUT2D eigenvalue weighted by Gasteiger charge is 2.31. The Hall–Kier alpha value is -2.21. The van der Waals surface area contributed by atoms with Crippen LogP contribution in [0.5, 0.6) is 0 Å². The first-order valence-electron chi connectivity index (χ1n) is 9.55. The molecule has 2 atom stereocenters. The molecule has 0 radical (unpaired) electrons. The number of carbonyl (C=O) groups is 1. The van der Waals surface area contributed by atoms with Gasteiger partial charge in [0, 0.05) is 23.5 Å². The van der Waals surface area contributed by atoms with Crippen LogP contribution in [0.15, 0.2) is 29.2 Å². The van der Waals surface area contributed by atoms with Crippen LogP contribution in [0.2, 0.25) is 0 Å². The maximum Gasteiger partial charge on any atom is 0.256 e. The third-order valence-electron chi connectivity index (χ3n) is 5.31. The fourth-order valence-corrected chi connectivity index (χ4v) is 6.44. The lowest BCUT2D eigenvalue weighted by Gasteiger charge is -2.34. The number of aryl methyl sites for hydroxylation is 1. The Morgan fingerprint density at radius 3 is 2.31 bits per heavy atom. The van der Waals surface area contributed by atoms with Gasteiger partial charge < -0.3 is 5.32 Å². The second-order valence-corrected chi connectivity index (χ2v) is 11.0. The smallest absolute Gasteiger partial charge is 0.256 e. The number of hydrogen-bond acceptors (Lipinski definition) is 5. The van der Waals surface area contributed by atoms with E-state index in [0.717, 1.165) is 16.9 Å². The first-order chi connectivity index (χ1) is 13.6. The number of nitrogens with zero attached hydrogens (tertiary/aromatic N) is 2. The molecule has 1 fully saturated rings. The summed E-state index contributed by atoms with van der Waals surface area (Å²) in [6.07, 6.45) is 1.03. The highest BCUT2D eigenvalue weighted by molar-refractivity contribution is 7.89. The van der Waals surface area contributed by atoms with Crippen molar-refractivity contribution in [1.29, 1.82) is 5.26 Å². The Balaban J connectivity index is 1.79. The van der Waals surface area contributed by atoms with E-state index < -0.39 is 10.0 Å². The molecule has 0 saturated carbocycles. The van der Waals surface area contributed by atoms with Crippen molar-refractivity contribution < 1.29 is 13.2 Å². The molecule has 29 heavy (non-hydrogen) atoms. The van der Waals surface area contributed by atoms with Gasteiger partial charge in [0.2, 0.25) is 10.0 Å². The summed E-state index contributed by atoms with van der Waals surface area (Å²) in [7, 11) is -3.58. The van der Waals surface area contributed by atoms with Gasteiger partial charge in [-0.2, -0.15) is 9.57 Å². The molecule has 8 heteroatoms. The van der Waals surface area contributed by atoms with Crippen molar-refractivity contribution in [3.8, 4) is 6.07 Å². The van der Waals surface area contributed by atoms with E-state index in [1.54, 1.807) is 0 Å². The van der Waals surface area contributed by atoms with Crippen LogP contribution < -0.4 is 5.32 Å². The number of amides is 1. The molecule has 1 N–H and O–H groups in total.